The minimum atomic E-state index is -0.521. The molecule has 3 nitrogen and oxygen atoms in total. The van der Waals surface area contributed by atoms with Gasteiger partial charge in [0.05, 0.1) is 18.3 Å². The molecule has 1 unspecified atom stereocenters. The van der Waals surface area contributed by atoms with E-state index in [9.17, 15) is 4.39 Å². The average Bonchev–Trinajstić information content (AvgIpc) is 2.48. The van der Waals surface area contributed by atoms with Gasteiger partial charge >= 0.3 is 0 Å². The first-order chi connectivity index (χ1) is 10.2. The summed E-state index contributed by atoms with van der Waals surface area (Å²) in [6, 6.07) is 14.0. The van der Waals surface area contributed by atoms with Crippen LogP contribution in [0.5, 0.6) is 5.75 Å². The largest absolute Gasteiger partial charge is 0.494 e. The van der Waals surface area contributed by atoms with Crippen molar-refractivity contribution in [2.75, 3.05) is 11.9 Å². The average molecular weight is 284 g/mol. The number of ether oxygens (including phenoxy) is 1. The summed E-state index contributed by atoms with van der Waals surface area (Å²) in [6.45, 7) is 4.45. The predicted molar refractivity (Wildman–Crippen MR) is 80.8 cm³/mol. The van der Waals surface area contributed by atoms with Crippen molar-refractivity contribution in [1.29, 1.82) is 5.26 Å². The smallest absolute Gasteiger partial charge is 0.143 e. The second-order valence-electron chi connectivity index (χ2n) is 4.61. The summed E-state index contributed by atoms with van der Waals surface area (Å²) in [5.41, 5.74) is 1.47. The van der Waals surface area contributed by atoms with E-state index in [0.29, 0.717) is 12.3 Å². The maximum Gasteiger partial charge on any atom is 0.143 e. The van der Waals surface area contributed by atoms with Crippen molar-refractivity contribution in [3.05, 3.63) is 59.4 Å². The number of halogens is 1. The molecular weight excluding hydrogens is 267 g/mol. The van der Waals surface area contributed by atoms with E-state index in [1.807, 2.05) is 44.2 Å². The zero-order valence-corrected chi connectivity index (χ0v) is 12.1. The maximum atomic E-state index is 13.6. The van der Waals surface area contributed by atoms with Gasteiger partial charge in [0.15, 0.2) is 0 Å². The highest BCUT2D eigenvalue weighted by Gasteiger charge is 2.14. The van der Waals surface area contributed by atoms with Gasteiger partial charge in [0.1, 0.15) is 23.2 Å². The van der Waals surface area contributed by atoms with Gasteiger partial charge < -0.3 is 10.1 Å². The molecular formula is C17H17FN2O. The molecule has 2 aromatic rings. The molecule has 0 radical (unpaired) electrons. The Morgan fingerprint density at radius 1 is 1.24 bits per heavy atom. The van der Waals surface area contributed by atoms with E-state index in [-0.39, 0.29) is 11.6 Å². The SMILES string of the molecule is CCOc1ccccc1C(C)Nc1cccc(F)c1C#N. The van der Waals surface area contributed by atoms with E-state index >= 15 is 0 Å². The number of nitrogens with zero attached hydrogens (tertiary/aromatic N) is 1. The Kier molecular flexibility index (Phi) is 4.78. The molecule has 0 amide bonds. The van der Waals surface area contributed by atoms with Crippen LogP contribution >= 0.6 is 0 Å². The number of hydrogen-bond donors (Lipinski definition) is 1. The van der Waals surface area contributed by atoms with Crippen LogP contribution in [0.1, 0.15) is 31.0 Å². The lowest BCUT2D eigenvalue weighted by Gasteiger charge is -2.19. The number of benzene rings is 2. The molecule has 2 rings (SSSR count). The van der Waals surface area contributed by atoms with E-state index in [1.165, 1.54) is 6.07 Å². The van der Waals surface area contributed by atoms with Crippen LogP contribution < -0.4 is 10.1 Å². The molecule has 0 aromatic heterocycles. The van der Waals surface area contributed by atoms with Crippen molar-refractivity contribution in [2.24, 2.45) is 0 Å². The highest BCUT2D eigenvalue weighted by atomic mass is 19.1. The topological polar surface area (TPSA) is 45.0 Å². The van der Waals surface area contributed by atoms with Gasteiger partial charge in [-0.05, 0) is 32.0 Å². The lowest BCUT2D eigenvalue weighted by molar-refractivity contribution is 0.335. The lowest BCUT2D eigenvalue weighted by Crippen LogP contribution is -2.10. The van der Waals surface area contributed by atoms with Crippen molar-refractivity contribution >= 4 is 5.69 Å². The van der Waals surface area contributed by atoms with Gasteiger partial charge in [-0.25, -0.2) is 4.39 Å². The Hall–Kier alpha value is -2.54. The summed E-state index contributed by atoms with van der Waals surface area (Å²) in [5, 5.41) is 12.2. The van der Waals surface area contributed by atoms with Crippen molar-refractivity contribution < 1.29 is 9.13 Å². The number of hydrogen-bond acceptors (Lipinski definition) is 3. The second-order valence-corrected chi connectivity index (χ2v) is 4.61. The molecule has 4 heteroatoms. The first-order valence-corrected chi connectivity index (χ1v) is 6.84. The summed E-state index contributed by atoms with van der Waals surface area (Å²) >= 11 is 0. The number of nitrogens with one attached hydrogen (secondary N) is 1. The van der Waals surface area contributed by atoms with Gasteiger partial charge in [0, 0.05) is 5.56 Å². The number of rotatable bonds is 5. The van der Waals surface area contributed by atoms with Gasteiger partial charge in [0.2, 0.25) is 0 Å². The molecule has 1 N–H and O–H groups in total. The van der Waals surface area contributed by atoms with Crippen molar-refractivity contribution in [3.8, 4) is 11.8 Å². The zero-order valence-electron chi connectivity index (χ0n) is 12.1. The summed E-state index contributed by atoms with van der Waals surface area (Å²) < 4.78 is 19.2. The van der Waals surface area contributed by atoms with E-state index in [2.05, 4.69) is 5.32 Å². The second kappa shape index (κ2) is 6.76. The fourth-order valence-corrected chi connectivity index (χ4v) is 2.19. The molecule has 0 spiro atoms. The molecule has 0 aliphatic heterocycles. The maximum absolute atomic E-state index is 13.6. The summed E-state index contributed by atoms with van der Waals surface area (Å²) in [6.07, 6.45) is 0. The van der Waals surface area contributed by atoms with Crippen molar-refractivity contribution in [3.63, 3.8) is 0 Å². The summed E-state index contributed by atoms with van der Waals surface area (Å²) in [5.74, 6) is 0.266. The molecule has 0 fully saturated rings. The number of nitriles is 1. The third kappa shape index (κ3) is 3.32. The number of anilines is 1. The molecule has 21 heavy (non-hydrogen) atoms. The molecule has 0 aliphatic rings. The molecule has 0 saturated carbocycles. The predicted octanol–water partition coefficient (Wildman–Crippen LogP) is 4.27. The van der Waals surface area contributed by atoms with Crippen LogP contribution in [0, 0.1) is 17.1 Å². The molecule has 108 valence electrons. The highest BCUT2D eigenvalue weighted by Crippen LogP contribution is 2.29. The Morgan fingerprint density at radius 3 is 2.71 bits per heavy atom. The van der Waals surface area contributed by atoms with Gasteiger partial charge in [-0.3, -0.25) is 0 Å². The Labute approximate surface area is 124 Å². The molecule has 0 heterocycles. The fraction of sp³-hybridized carbons (Fsp3) is 0.235. The first-order valence-electron chi connectivity index (χ1n) is 6.84. The Balaban J connectivity index is 2.29. The van der Waals surface area contributed by atoms with Gasteiger partial charge in [-0.2, -0.15) is 5.26 Å². The van der Waals surface area contributed by atoms with Crippen LogP contribution in [0.4, 0.5) is 10.1 Å². The van der Waals surface area contributed by atoms with Crippen molar-refractivity contribution in [2.45, 2.75) is 19.9 Å². The molecule has 0 aliphatic carbocycles. The summed E-state index contributed by atoms with van der Waals surface area (Å²) in [7, 11) is 0. The molecule has 0 bridgehead atoms. The lowest BCUT2D eigenvalue weighted by atomic mass is 10.1. The van der Waals surface area contributed by atoms with Gasteiger partial charge in [-0.1, -0.05) is 24.3 Å². The van der Waals surface area contributed by atoms with Crippen LogP contribution in [0.3, 0.4) is 0 Å². The molecule has 0 saturated heterocycles. The van der Waals surface area contributed by atoms with E-state index in [1.54, 1.807) is 12.1 Å². The minimum absolute atomic E-state index is 0.0261. The number of para-hydroxylation sites is 1. The van der Waals surface area contributed by atoms with Crippen molar-refractivity contribution in [1.82, 2.24) is 0 Å². The minimum Gasteiger partial charge on any atom is -0.494 e. The standard InChI is InChI=1S/C17H17FN2O/c1-3-21-17-10-5-4-7-13(17)12(2)20-16-9-6-8-15(18)14(16)11-19/h4-10,12,20H,3H2,1-2H3. The molecule has 2 aromatic carbocycles. The van der Waals surface area contributed by atoms with Crippen LogP contribution in [-0.2, 0) is 0 Å². The van der Waals surface area contributed by atoms with Crippen LogP contribution in [0.25, 0.3) is 0 Å². The van der Waals surface area contributed by atoms with Crippen LogP contribution in [-0.4, -0.2) is 6.61 Å². The van der Waals surface area contributed by atoms with Crippen LogP contribution in [0.15, 0.2) is 42.5 Å². The fourth-order valence-electron chi connectivity index (χ4n) is 2.19. The quantitative estimate of drug-likeness (QED) is 0.891. The van der Waals surface area contributed by atoms with E-state index in [0.717, 1.165) is 11.3 Å². The third-order valence-electron chi connectivity index (χ3n) is 3.18. The third-order valence-corrected chi connectivity index (χ3v) is 3.18. The Morgan fingerprint density at radius 2 is 2.00 bits per heavy atom. The van der Waals surface area contributed by atoms with Gasteiger partial charge in [0.25, 0.3) is 0 Å². The van der Waals surface area contributed by atoms with Crippen LogP contribution in [0.2, 0.25) is 0 Å². The van der Waals surface area contributed by atoms with Gasteiger partial charge in [-0.15, -0.1) is 0 Å². The summed E-state index contributed by atoms with van der Waals surface area (Å²) in [4.78, 5) is 0. The van der Waals surface area contributed by atoms with E-state index in [4.69, 9.17) is 10.00 Å². The molecule has 1 atom stereocenters. The monoisotopic (exact) mass is 284 g/mol. The first kappa shape index (κ1) is 14.9. The van der Waals surface area contributed by atoms with E-state index < -0.39 is 5.82 Å². The highest BCUT2D eigenvalue weighted by molar-refractivity contribution is 5.59. The normalized spacial score (nSPS) is 11.5. The zero-order chi connectivity index (χ0) is 15.2. The Bertz CT molecular complexity index is 664.